The summed E-state index contributed by atoms with van der Waals surface area (Å²) in [5.74, 6) is 0.679. The molecule has 0 saturated carbocycles. The average molecular weight is 300 g/mol. The Hall–Kier alpha value is -2.12. The van der Waals surface area contributed by atoms with Crippen LogP contribution in [-0.4, -0.2) is 30.8 Å². The fraction of sp³-hybridized carbons (Fsp3) is 0.286. The second kappa shape index (κ2) is 6.55. The third kappa shape index (κ3) is 3.71. The molecule has 3 aromatic rings. The van der Waals surface area contributed by atoms with Crippen LogP contribution in [0.15, 0.2) is 42.3 Å². The van der Waals surface area contributed by atoms with Gasteiger partial charge in [-0.2, -0.15) is 5.10 Å². The predicted octanol–water partition coefficient (Wildman–Crippen LogP) is 1.97. The Kier molecular flexibility index (Phi) is 4.32. The minimum Gasteiger partial charge on any atom is -0.307 e. The number of nitrogens with zero attached hydrogens (tertiary/aromatic N) is 5. The normalized spacial score (nSPS) is 12.4. The summed E-state index contributed by atoms with van der Waals surface area (Å²) in [6.07, 6.45) is 7.22. The van der Waals surface area contributed by atoms with Gasteiger partial charge in [-0.3, -0.25) is 4.68 Å². The molecule has 0 fully saturated rings. The van der Waals surface area contributed by atoms with Crippen molar-refractivity contribution in [3.05, 3.63) is 48.0 Å². The molecule has 0 aliphatic rings. The molecule has 108 valence electrons. The molecule has 0 aliphatic carbocycles. The van der Waals surface area contributed by atoms with Gasteiger partial charge in [-0.1, -0.05) is 0 Å². The standard InChI is InChI=1S/C14H16N6S/c1-11(9-20-7-3-6-18-20)17-8-12-10-21-14(19-12)13-15-4-2-5-16-13/h2-7,10-11,17H,8-9H2,1H3/t11-/m1/s1. The summed E-state index contributed by atoms with van der Waals surface area (Å²) < 4.78 is 1.92. The summed E-state index contributed by atoms with van der Waals surface area (Å²) in [6.45, 7) is 3.70. The van der Waals surface area contributed by atoms with E-state index in [0.717, 1.165) is 23.8 Å². The lowest BCUT2D eigenvalue weighted by Gasteiger charge is -2.12. The van der Waals surface area contributed by atoms with Crippen molar-refractivity contribution >= 4 is 11.3 Å². The van der Waals surface area contributed by atoms with E-state index in [2.05, 4.69) is 32.3 Å². The molecule has 3 heterocycles. The Morgan fingerprint density at radius 2 is 2.10 bits per heavy atom. The number of hydrogen-bond acceptors (Lipinski definition) is 6. The summed E-state index contributed by atoms with van der Waals surface area (Å²) in [5, 5.41) is 10.5. The van der Waals surface area contributed by atoms with Gasteiger partial charge in [0.1, 0.15) is 0 Å². The lowest BCUT2D eigenvalue weighted by atomic mass is 10.3. The van der Waals surface area contributed by atoms with Crippen LogP contribution < -0.4 is 5.32 Å². The molecule has 3 rings (SSSR count). The van der Waals surface area contributed by atoms with Gasteiger partial charge in [0.05, 0.1) is 12.2 Å². The van der Waals surface area contributed by atoms with Gasteiger partial charge < -0.3 is 5.32 Å². The zero-order valence-electron chi connectivity index (χ0n) is 11.7. The van der Waals surface area contributed by atoms with Crippen molar-refractivity contribution in [3.8, 4) is 10.8 Å². The minimum atomic E-state index is 0.322. The largest absolute Gasteiger partial charge is 0.307 e. The number of hydrogen-bond donors (Lipinski definition) is 1. The first-order chi connectivity index (χ1) is 10.3. The Bertz CT molecular complexity index is 664. The molecule has 0 amide bonds. The van der Waals surface area contributed by atoms with E-state index in [-0.39, 0.29) is 0 Å². The zero-order valence-corrected chi connectivity index (χ0v) is 12.5. The number of rotatable bonds is 6. The second-order valence-electron chi connectivity index (χ2n) is 4.73. The fourth-order valence-corrected chi connectivity index (χ4v) is 2.70. The highest BCUT2D eigenvalue weighted by Gasteiger charge is 2.08. The van der Waals surface area contributed by atoms with Crippen LogP contribution in [0.1, 0.15) is 12.6 Å². The summed E-state index contributed by atoms with van der Waals surface area (Å²) in [4.78, 5) is 13.0. The van der Waals surface area contributed by atoms with E-state index in [1.807, 2.05) is 22.3 Å². The van der Waals surface area contributed by atoms with Gasteiger partial charge in [0, 0.05) is 42.8 Å². The number of thiazole rings is 1. The van der Waals surface area contributed by atoms with E-state index in [0.29, 0.717) is 11.9 Å². The molecular formula is C14H16N6S. The van der Waals surface area contributed by atoms with Crippen molar-refractivity contribution < 1.29 is 0 Å². The second-order valence-corrected chi connectivity index (χ2v) is 5.58. The van der Waals surface area contributed by atoms with E-state index >= 15 is 0 Å². The highest BCUT2D eigenvalue weighted by atomic mass is 32.1. The van der Waals surface area contributed by atoms with Gasteiger partial charge in [-0.15, -0.1) is 11.3 Å². The Balaban J connectivity index is 1.55. The van der Waals surface area contributed by atoms with Crippen molar-refractivity contribution in [3.63, 3.8) is 0 Å². The quantitative estimate of drug-likeness (QED) is 0.754. The van der Waals surface area contributed by atoms with Crippen LogP contribution in [-0.2, 0) is 13.1 Å². The Morgan fingerprint density at radius 3 is 2.86 bits per heavy atom. The van der Waals surface area contributed by atoms with Crippen molar-refractivity contribution in [2.75, 3.05) is 0 Å². The first kappa shape index (κ1) is 13.8. The molecule has 0 spiro atoms. The molecule has 0 saturated heterocycles. The van der Waals surface area contributed by atoms with Crippen LogP contribution in [0.2, 0.25) is 0 Å². The highest BCUT2D eigenvalue weighted by molar-refractivity contribution is 7.13. The van der Waals surface area contributed by atoms with Crippen LogP contribution in [0.5, 0.6) is 0 Å². The van der Waals surface area contributed by atoms with E-state index in [4.69, 9.17) is 0 Å². The monoisotopic (exact) mass is 300 g/mol. The van der Waals surface area contributed by atoms with Gasteiger partial charge in [0.2, 0.25) is 0 Å². The van der Waals surface area contributed by atoms with Gasteiger partial charge in [-0.25, -0.2) is 15.0 Å². The topological polar surface area (TPSA) is 68.5 Å². The van der Waals surface area contributed by atoms with Crippen LogP contribution in [0, 0.1) is 0 Å². The number of nitrogens with one attached hydrogen (secondary N) is 1. The van der Waals surface area contributed by atoms with Crippen LogP contribution in [0.4, 0.5) is 0 Å². The summed E-state index contributed by atoms with van der Waals surface area (Å²) in [7, 11) is 0. The Morgan fingerprint density at radius 1 is 1.24 bits per heavy atom. The van der Waals surface area contributed by atoms with Gasteiger partial charge in [0.15, 0.2) is 10.8 Å². The smallest absolute Gasteiger partial charge is 0.188 e. The molecule has 3 aromatic heterocycles. The molecule has 0 bridgehead atoms. The maximum atomic E-state index is 4.56. The molecule has 7 heteroatoms. The number of aromatic nitrogens is 5. The zero-order chi connectivity index (χ0) is 14.5. The predicted molar refractivity (Wildman–Crippen MR) is 81.7 cm³/mol. The molecule has 1 N–H and O–H groups in total. The van der Waals surface area contributed by atoms with E-state index < -0.39 is 0 Å². The van der Waals surface area contributed by atoms with E-state index in [1.165, 1.54) is 0 Å². The van der Waals surface area contributed by atoms with Crippen LogP contribution in [0.3, 0.4) is 0 Å². The molecule has 6 nitrogen and oxygen atoms in total. The molecule has 0 aliphatic heterocycles. The maximum absolute atomic E-state index is 4.56. The van der Waals surface area contributed by atoms with E-state index in [9.17, 15) is 0 Å². The third-order valence-electron chi connectivity index (χ3n) is 2.96. The van der Waals surface area contributed by atoms with Gasteiger partial charge in [0.25, 0.3) is 0 Å². The lowest BCUT2D eigenvalue weighted by molar-refractivity contribution is 0.449. The molecule has 0 unspecified atom stereocenters. The van der Waals surface area contributed by atoms with Gasteiger partial charge in [-0.05, 0) is 19.1 Å². The summed E-state index contributed by atoms with van der Waals surface area (Å²) in [6, 6.07) is 4.05. The first-order valence-corrected chi connectivity index (χ1v) is 7.62. The van der Waals surface area contributed by atoms with Crippen molar-refractivity contribution in [1.29, 1.82) is 0 Å². The van der Waals surface area contributed by atoms with Crippen molar-refractivity contribution in [2.45, 2.75) is 26.1 Å². The Labute approximate surface area is 126 Å². The van der Waals surface area contributed by atoms with Crippen LogP contribution in [0.25, 0.3) is 10.8 Å². The molecular weight excluding hydrogens is 284 g/mol. The van der Waals surface area contributed by atoms with Crippen molar-refractivity contribution in [2.24, 2.45) is 0 Å². The van der Waals surface area contributed by atoms with E-state index in [1.54, 1.807) is 36.0 Å². The first-order valence-electron chi connectivity index (χ1n) is 6.74. The summed E-state index contributed by atoms with van der Waals surface area (Å²) in [5.41, 5.74) is 1.01. The van der Waals surface area contributed by atoms with Crippen molar-refractivity contribution in [1.82, 2.24) is 30.0 Å². The SMILES string of the molecule is C[C@H](Cn1cccn1)NCc1csc(-c2ncccn2)n1. The molecule has 0 aromatic carbocycles. The third-order valence-corrected chi connectivity index (χ3v) is 3.85. The molecule has 1 atom stereocenters. The summed E-state index contributed by atoms with van der Waals surface area (Å²) >= 11 is 1.57. The molecule has 21 heavy (non-hydrogen) atoms. The maximum Gasteiger partial charge on any atom is 0.188 e. The lowest BCUT2D eigenvalue weighted by Crippen LogP contribution is -2.30. The molecule has 0 radical (unpaired) electrons. The fourth-order valence-electron chi connectivity index (χ4n) is 1.93. The highest BCUT2D eigenvalue weighted by Crippen LogP contribution is 2.19. The average Bonchev–Trinajstić information content (AvgIpc) is 3.17. The van der Waals surface area contributed by atoms with Gasteiger partial charge >= 0.3 is 0 Å². The minimum absolute atomic E-state index is 0.322. The van der Waals surface area contributed by atoms with Crippen LogP contribution >= 0.6 is 11.3 Å².